The van der Waals surface area contributed by atoms with Crippen LogP contribution in [0.5, 0.6) is 0 Å². The maximum atomic E-state index is 11.0. The Bertz CT molecular complexity index is 460. The molecule has 2 rings (SSSR count). The van der Waals surface area contributed by atoms with Gasteiger partial charge >= 0.3 is 0 Å². The van der Waals surface area contributed by atoms with E-state index in [2.05, 4.69) is 20.7 Å². The van der Waals surface area contributed by atoms with E-state index in [0.717, 1.165) is 5.65 Å². The first kappa shape index (κ1) is 10.4. The fourth-order valence-electron chi connectivity index (χ4n) is 1.32. The van der Waals surface area contributed by atoms with E-state index in [4.69, 9.17) is 0 Å². The van der Waals surface area contributed by atoms with Crippen LogP contribution in [0.4, 0.5) is 5.95 Å². The summed E-state index contributed by atoms with van der Waals surface area (Å²) in [6.45, 7) is 0.524. The Kier molecular flexibility index (Phi) is 3.00. The Hall–Kier alpha value is -2.11. The molecule has 0 atom stereocenters. The van der Waals surface area contributed by atoms with Gasteiger partial charge in [-0.3, -0.25) is 4.79 Å². The molecule has 6 nitrogen and oxygen atoms in total. The van der Waals surface area contributed by atoms with Gasteiger partial charge in [-0.1, -0.05) is 6.07 Å². The smallest absolute Gasteiger partial charge is 0.243 e. The summed E-state index contributed by atoms with van der Waals surface area (Å²) >= 11 is 0. The van der Waals surface area contributed by atoms with Crippen LogP contribution >= 0.6 is 0 Å². The van der Waals surface area contributed by atoms with E-state index in [-0.39, 0.29) is 5.91 Å². The van der Waals surface area contributed by atoms with Crippen molar-refractivity contribution in [2.75, 3.05) is 18.9 Å². The molecular formula is C10H13N5O. The minimum absolute atomic E-state index is 0.00346. The number of fused-ring (bicyclic) bond motifs is 1. The van der Waals surface area contributed by atoms with Gasteiger partial charge in [0, 0.05) is 26.2 Å². The SMILES string of the molecule is CNC(=O)CCNc1nc2ccccn2n1. The molecule has 0 aliphatic carbocycles. The molecule has 0 saturated carbocycles. The number of aromatic nitrogens is 3. The second-order valence-corrected chi connectivity index (χ2v) is 3.29. The lowest BCUT2D eigenvalue weighted by Gasteiger charge is -1.99. The molecule has 84 valence electrons. The fraction of sp³-hybridized carbons (Fsp3) is 0.300. The maximum Gasteiger partial charge on any atom is 0.243 e. The summed E-state index contributed by atoms with van der Waals surface area (Å²) in [7, 11) is 1.62. The number of hydrogen-bond donors (Lipinski definition) is 2. The van der Waals surface area contributed by atoms with Crippen LogP contribution in [-0.2, 0) is 4.79 Å². The monoisotopic (exact) mass is 219 g/mol. The average molecular weight is 219 g/mol. The van der Waals surface area contributed by atoms with Crippen molar-refractivity contribution >= 4 is 17.5 Å². The predicted octanol–water partition coefficient (Wildman–Crippen LogP) is 0.277. The van der Waals surface area contributed by atoms with Crippen LogP contribution in [-0.4, -0.2) is 34.1 Å². The Labute approximate surface area is 92.7 Å². The number of nitrogens with zero attached hydrogens (tertiary/aromatic N) is 3. The maximum absolute atomic E-state index is 11.0. The molecule has 0 aromatic carbocycles. The van der Waals surface area contributed by atoms with Gasteiger partial charge in [0.05, 0.1) is 0 Å². The summed E-state index contributed by atoms with van der Waals surface area (Å²) in [4.78, 5) is 15.2. The predicted molar refractivity (Wildman–Crippen MR) is 60.2 cm³/mol. The number of rotatable bonds is 4. The van der Waals surface area contributed by atoms with E-state index in [9.17, 15) is 4.79 Å². The van der Waals surface area contributed by atoms with Crippen molar-refractivity contribution < 1.29 is 4.79 Å². The molecule has 0 aliphatic heterocycles. The molecule has 0 radical (unpaired) electrons. The summed E-state index contributed by atoms with van der Waals surface area (Å²) in [5, 5.41) is 9.75. The third kappa shape index (κ3) is 2.28. The van der Waals surface area contributed by atoms with Crippen LogP contribution in [0.15, 0.2) is 24.4 Å². The zero-order valence-electron chi connectivity index (χ0n) is 8.97. The quantitative estimate of drug-likeness (QED) is 0.774. The molecule has 0 aliphatic rings. The molecule has 2 N–H and O–H groups in total. The normalized spacial score (nSPS) is 10.3. The zero-order valence-corrected chi connectivity index (χ0v) is 8.97. The molecule has 1 amide bonds. The standard InChI is InChI=1S/C10H13N5O/c1-11-9(16)5-6-12-10-13-8-4-2-3-7-15(8)14-10/h2-4,7H,5-6H2,1H3,(H,11,16)(H,12,14). The highest BCUT2D eigenvalue weighted by Crippen LogP contribution is 2.03. The minimum Gasteiger partial charge on any atom is -0.359 e. The Morgan fingerprint density at radius 1 is 1.50 bits per heavy atom. The van der Waals surface area contributed by atoms with Crippen LogP contribution in [0.25, 0.3) is 5.65 Å². The summed E-state index contributed by atoms with van der Waals surface area (Å²) in [5.41, 5.74) is 0.782. The average Bonchev–Trinajstić information content (AvgIpc) is 2.71. The van der Waals surface area contributed by atoms with E-state index in [1.165, 1.54) is 0 Å². The number of carbonyl (C=O) groups is 1. The molecular weight excluding hydrogens is 206 g/mol. The summed E-state index contributed by atoms with van der Waals surface area (Å²) < 4.78 is 1.68. The molecule has 0 unspecified atom stereocenters. The van der Waals surface area contributed by atoms with Gasteiger partial charge in [0.2, 0.25) is 11.9 Å². The number of anilines is 1. The first-order chi connectivity index (χ1) is 7.79. The highest BCUT2D eigenvalue weighted by molar-refractivity contribution is 5.75. The number of carbonyl (C=O) groups excluding carboxylic acids is 1. The van der Waals surface area contributed by atoms with Gasteiger partial charge in [0.25, 0.3) is 0 Å². The molecule has 2 heterocycles. The first-order valence-electron chi connectivity index (χ1n) is 5.05. The van der Waals surface area contributed by atoms with E-state index in [1.807, 2.05) is 24.4 Å². The number of pyridine rings is 1. The van der Waals surface area contributed by atoms with Crippen molar-refractivity contribution in [3.63, 3.8) is 0 Å². The molecule has 6 heteroatoms. The summed E-state index contributed by atoms with van der Waals surface area (Å²) in [5.74, 6) is 0.534. The minimum atomic E-state index is -0.00346. The van der Waals surface area contributed by atoms with Gasteiger partial charge in [-0.05, 0) is 12.1 Å². The number of hydrogen-bond acceptors (Lipinski definition) is 4. The third-order valence-electron chi connectivity index (χ3n) is 2.16. The van der Waals surface area contributed by atoms with Gasteiger partial charge in [-0.25, -0.2) is 4.52 Å². The fourth-order valence-corrected chi connectivity index (χ4v) is 1.32. The van der Waals surface area contributed by atoms with Gasteiger partial charge < -0.3 is 10.6 Å². The van der Waals surface area contributed by atoms with Crippen LogP contribution in [0.1, 0.15) is 6.42 Å². The van der Waals surface area contributed by atoms with Gasteiger partial charge in [-0.2, -0.15) is 4.98 Å². The topological polar surface area (TPSA) is 71.3 Å². The Balaban J connectivity index is 1.97. The van der Waals surface area contributed by atoms with Crippen molar-refractivity contribution in [1.29, 1.82) is 0 Å². The van der Waals surface area contributed by atoms with E-state index < -0.39 is 0 Å². The van der Waals surface area contributed by atoms with Crippen LogP contribution in [0.3, 0.4) is 0 Å². The molecule has 0 fully saturated rings. The Morgan fingerprint density at radius 3 is 3.12 bits per heavy atom. The molecule has 0 bridgehead atoms. The summed E-state index contributed by atoms with van der Waals surface area (Å²) in [6.07, 6.45) is 2.23. The van der Waals surface area contributed by atoms with E-state index >= 15 is 0 Å². The molecule has 16 heavy (non-hydrogen) atoms. The first-order valence-corrected chi connectivity index (χ1v) is 5.05. The lowest BCUT2D eigenvalue weighted by molar-refractivity contribution is -0.120. The number of amides is 1. The van der Waals surface area contributed by atoms with Crippen molar-refractivity contribution in [3.05, 3.63) is 24.4 Å². The van der Waals surface area contributed by atoms with Gasteiger partial charge in [-0.15, -0.1) is 5.10 Å². The highest BCUT2D eigenvalue weighted by Gasteiger charge is 2.02. The van der Waals surface area contributed by atoms with Gasteiger partial charge in [0.15, 0.2) is 5.65 Å². The van der Waals surface area contributed by atoms with Crippen molar-refractivity contribution in [1.82, 2.24) is 19.9 Å². The lowest BCUT2D eigenvalue weighted by Crippen LogP contribution is -2.21. The van der Waals surface area contributed by atoms with Gasteiger partial charge in [0.1, 0.15) is 0 Å². The van der Waals surface area contributed by atoms with E-state index in [1.54, 1.807) is 11.6 Å². The number of nitrogens with one attached hydrogen (secondary N) is 2. The van der Waals surface area contributed by atoms with Crippen molar-refractivity contribution in [3.8, 4) is 0 Å². The molecule has 2 aromatic heterocycles. The molecule has 0 spiro atoms. The van der Waals surface area contributed by atoms with Crippen molar-refractivity contribution in [2.45, 2.75) is 6.42 Å². The summed E-state index contributed by atoms with van der Waals surface area (Å²) in [6, 6.07) is 5.66. The van der Waals surface area contributed by atoms with Crippen molar-refractivity contribution in [2.24, 2.45) is 0 Å². The second-order valence-electron chi connectivity index (χ2n) is 3.29. The lowest BCUT2D eigenvalue weighted by atomic mass is 10.4. The highest BCUT2D eigenvalue weighted by atomic mass is 16.1. The van der Waals surface area contributed by atoms with Crippen LogP contribution in [0.2, 0.25) is 0 Å². The second kappa shape index (κ2) is 4.61. The van der Waals surface area contributed by atoms with E-state index in [0.29, 0.717) is 18.9 Å². The molecule has 2 aromatic rings. The zero-order chi connectivity index (χ0) is 11.4. The largest absolute Gasteiger partial charge is 0.359 e. The van der Waals surface area contributed by atoms with Crippen LogP contribution in [0, 0.1) is 0 Å². The van der Waals surface area contributed by atoms with Crippen LogP contribution < -0.4 is 10.6 Å². The molecule has 0 saturated heterocycles. The Morgan fingerprint density at radius 2 is 2.38 bits per heavy atom. The third-order valence-corrected chi connectivity index (χ3v) is 2.16.